The molecule has 3 rings (SSSR count). The summed E-state index contributed by atoms with van der Waals surface area (Å²) in [4.78, 5) is 26.2. The molecule has 2 aromatic rings. The summed E-state index contributed by atoms with van der Waals surface area (Å²) in [7, 11) is 0. The minimum atomic E-state index is -0.497. The fourth-order valence-corrected chi connectivity index (χ4v) is 2.79. The molecule has 0 N–H and O–H groups in total. The van der Waals surface area contributed by atoms with Gasteiger partial charge in [-0.2, -0.15) is 0 Å². The van der Waals surface area contributed by atoms with Crippen molar-refractivity contribution in [1.82, 2.24) is 4.90 Å². The lowest BCUT2D eigenvalue weighted by atomic mass is 10.2. The predicted octanol–water partition coefficient (Wildman–Crippen LogP) is 2.46. The number of hydrogen-bond donors (Lipinski definition) is 0. The highest BCUT2D eigenvalue weighted by molar-refractivity contribution is 5.78. The quantitative estimate of drug-likeness (QED) is 0.605. The summed E-state index contributed by atoms with van der Waals surface area (Å²) < 4.78 is 18.8. The zero-order valence-corrected chi connectivity index (χ0v) is 14.0. The molecule has 1 aliphatic rings. The highest BCUT2D eigenvalue weighted by Gasteiger charge is 2.22. The van der Waals surface area contributed by atoms with Crippen LogP contribution in [0, 0.1) is 15.9 Å². The monoisotopic (exact) mass is 359 g/mol. The van der Waals surface area contributed by atoms with E-state index < -0.39 is 10.7 Å². The third-order valence-corrected chi connectivity index (χ3v) is 4.25. The van der Waals surface area contributed by atoms with Crippen molar-refractivity contribution in [2.45, 2.75) is 0 Å². The topological polar surface area (TPSA) is 75.9 Å². The van der Waals surface area contributed by atoms with Gasteiger partial charge < -0.3 is 14.5 Å². The van der Waals surface area contributed by atoms with Crippen LogP contribution in [0.5, 0.6) is 5.75 Å². The van der Waals surface area contributed by atoms with Gasteiger partial charge >= 0.3 is 0 Å². The highest BCUT2D eigenvalue weighted by atomic mass is 19.1. The Morgan fingerprint density at radius 1 is 1.08 bits per heavy atom. The number of piperazine rings is 1. The molecule has 1 aliphatic heterocycles. The van der Waals surface area contributed by atoms with E-state index in [-0.39, 0.29) is 24.0 Å². The molecule has 1 fully saturated rings. The summed E-state index contributed by atoms with van der Waals surface area (Å²) in [5, 5.41) is 10.7. The zero-order valence-electron chi connectivity index (χ0n) is 14.0. The first-order valence-corrected chi connectivity index (χ1v) is 8.19. The van der Waals surface area contributed by atoms with Gasteiger partial charge in [-0.3, -0.25) is 14.9 Å². The first kappa shape index (κ1) is 17.7. The average molecular weight is 359 g/mol. The van der Waals surface area contributed by atoms with Crippen molar-refractivity contribution in [1.29, 1.82) is 0 Å². The third kappa shape index (κ3) is 4.08. The van der Waals surface area contributed by atoms with Crippen molar-refractivity contribution in [3.05, 3.63) is 64.5 Å². The van der Waals surface area contributed by atoms with Crippen LogP contribution in [0.25, 0.3) is 0 Å². The van der Waals surface area contributed by atoms with Crippen LogP contribution in [0.15, 0.2) is 48.5 Å². The molecule has 0 aliphatic carbocycles. The maximum absolute atomic E-state index is 13.5. The third-order valence-electron chi connectivity index (χ3n) is 4.25. The minimum absolute atomic E-state index is 0.0489. The number of nitro groups is 1. The molecule has 7 nitrogen and oxygen atoms in total. The predicted molar refractivity (Wildman–Crippen MR) is 93.8 cm³/mol. The standard InChI is InChI=1S/C18H18FN3O4/c19-16-3-1-2-4-17(16)26-13-18(23)21-11-9-20(10-12-21)14-5-7-15(8-6-14)22(24)25/h1-8H,9-13H2. The summed E-state index contributed by atoms with van der Waals surface area (Å²) in [5.41, 5.74) is 0.929. The molecule has 0 spiro atoms. The van der Waals surface area contributed by atoms with E-state index in [4.69, 9.17) is 4.74 Å². The Hall–Kier alpha value is -3.16. The molecule has 0 radical (unpaired) electrons. The largest absolute Gasteiger partial charge is 0.481 e. The number of anilines is 1. The summed E-state index contributed by atoms with van der Waals surface area (Å²) in [6.07, 6.45) is 0. The van der Waals surface area contributed by atoms with E-state index >= 15 is 0 Å². The second-order valence-electron chi connectivity index (χ2n) is 5.86. The summed E-state index contributed by atoms with van der Waals surface area (Å²) in [6, 6.07) is 12.3. The molecular weight excluding hydrogens is 341 g/mol. The second kappa shape index (κ2) is 7.81. The smallest absolute Gasteiger partial charge is 0.269 e. The number of nitro benzene ring substituents is 1. The first-order chi connectivity index (χ1) is 12.5. The summed E-state index contributed by atoms with van der Waals surface area (Å²) in [6.45, 7) is 2.04. The summed E-state index contributed by atoms with van der Waals surface area (Å²) in [5.74, 6) is -0.634. The van der Waals surface area contributed by atoms with Crippen LogP contribution in [0.4, 0.5) is 15.8 Å². The Morgan fingerprint density at radius 3 is 2.35 bits per heavy atom. The number of halogens is 1. The van der Waals surface area contributed by atoms with Crippen molar-refractivity contribution in [2.75, 3.05) is 37.7 Å². The molecule has 2 aromatic carbocycles. The number of non-ortho nitro benzene ring substituents is 1. The molecule has 1 amide bonds. The van der Waals surface area contributed by atoms with Crippen LogP contribution in [-0.2, 0) is 4.79 Å². The van der Waals surface area contributed by atoms with Gasteiger partial charge in [0.05, 0.1) is 4.92 Å². The van der Waals surface area contributed by atoms with Crippen LogP contribution in [0.2, 0.25) is 0 Å². The normalized spacial score (nSPS) is 14.2. The molecule has 1 heterocycles. The lowest BCUT2D eigenvalue weighted by Crippen LogP contribution is -2.50. The Labute approximate surface area is 149 Å². The van der Waals surface area contributed by atoms with Gasteiger partial charge in [0.15, 0.2) is 18.2 Å². The van der Waals surface area contributed by atoms with Gasteiger partial charge in [0.25, 0.3) is 11.6 Å². The van der Waals surface area contributed by atoms with E-state index in [0.717, 1.165) is 5.69 Å². The Balaban J connectivity index is 1.50. The molecular formula is C18H18FN3O4. The molecule has 0 atom stereocenters. The van der Waals surface area contributed by atoms with Gasteiger partial charge in [-0.15, -0.1) is 0 Å². The van der Waals surface area contributed by atoms with Crippen molar-refractivity contribution in [3.63, 3.8) is 0 Å². The lowest BCUT2D eigenvalue weighted by molar-refractivity contribution is -0.384. The summed E-state index contributed by atoms with van der Waals surface area (Å²) >= 11 is 0. The van der Waals surface area contributed by atoms with E-state index in [9.17, 15) is 19.3 Å². The van der Waals surface area contributed by atoms with E-state index in [0.29, 0.717) is 26.2 Å². The number of amides is 1. The van der Waals surface area contributed by atoms with Gasteiger partial charge in [0.1, 0.15) is 0 Å². The fraction of sp³-hybridized carbons (Fsp3) is 0.278. The number of para-hydroxylation sites is 1. The van der Waals surface area contributed by atoms with E-state index in [2.05, 4.69) is 4.90 Å². The van der Waals surface area contributed by atoms with E-state index in [1.165, 1.54) is 24.3 Å². The molecule has 8 heteroatoms. The highest BCUT2D eigenvalue weighted by Crippen LogP contribution is 2.21. The maximum Gasteiger partial charge on any atom is 0.269 e. The number of nitrogens with zero attached hydrogens (tertiary/aromatic N) is 3. The Kier molecular flexibility index (Phi) is 5.31. The van der Waals surface area contributed by atoms with Crippen LogP contribution >= 0.6 is 0 Å². The molecule has 0 aromatic heterocycles. The lowest BCUT2D eigenvalue weighted by Gasteiger charge is -2.36. The van der Waals surface area contributed by atoms with E-state index in [1.807, 2.05) is 0 Å². The van der Waals surface area contributed by atoms with Gasteiger partial charge in [-0.25, -0.2) is 4.39 Å². The number of carbonyl (C=O) groups excluding carboxylic acids is 1. The Morgan fingerprint density at radius 2 is 1.73 bits per heavy atom. The van der Waals surface area contributed by atoms with Crippen molar-refractivity contribution in [2.24, 2.45) is 0 Å². The van der Waals surface area contributed by atoms with Crippen molar-refractivity contribution < 1.29 is 18.8 Å². The molecule has 26 heavy (non-hydrogen) atoms. The average Bonchev–Trinajstić information content (AvgIpc) is 2.67. The zero-order chi connectivity index (χ0) is 18.5. The molecule has 136 valence electrons. The number of ether oxygens (including phenoxy) is 1. The molecule has 0 bridgehead atoms. The number of benzene rings is 2. The molecule has 0 saturated carbocycles. The number of carbonyl (C=O) groups is 1. The first-order valence-electron chi connectivity index (χ1n) is 8.19. The van der Waals surface area contributed by atoms with Crippen LogP contribution in [0.3, 0.4) is 0 Å². The van der Waals surface area contributed by atoms with Gasteiger partial charge in [-0.1, -0.05) is 12.1 Å². The van der Waals surface area contributed by atoms with Crippen molar-refractivity contribution >= 4 is 17.3 Å². The van der Waals surface area contributed by atoms with Crippen LogP contribution in [-0.4, -0.2) is 48.5 Å². The Bertz CT molecular complexity index is 789. The number of rotatable bonds is 5. The molecule has 1 saturated heterocycles. The SMILES string of the molecule is O=C(COc1ccccc1F)N1CCN(c2ccc([N+](=O)[O-])cc2)CC1. The maximum atomic E-state index is 13.5. The van der Waals surface area contributed by atoms with Crippen LogP contribution in [0.1, 0.15) is 0 Å². The van der Waals surface area contributed by atoms with Crippen molar-refractivity contribution in [3.8, 4) is 5.75 Å². The van der Waals surface area contributed by atoms with Gasteiger partial charge in [0.2, 0.25) is 0 Å². The minimum Gasteiger partial charge on any atom is -0.481 e. The number of hydrogen-bond acceptors (Lipinski definition) is 5. The fourth-order valence-electron chi connectivity index (χ4n) is 2.79. The molecule has 0 unspecified atom stereocenters. The van der Waals surface area contributed by atoms with E-state index in [1.54, 1.807) is 29.2 Å². The van der Waals surface area contributed by atoms with Gasteiger partial charge in [0, 0.05) is 44.0 Å². The van der Waals surface area contributed by atoms with Gasteiger partial charge in [-0.05, 0) is 24.3 Å². The van der Waals surface area contributed by atoms with Crippen LogP contribution < -0.4 is 9.64 Å². The second-order valence-corrected chi connectivity index (χ2v) is 5.86.